The van der Waals surface area contributed by atoms with Crippen molar-refractivity contribution in [3.63, 3.8) is 0 Å². The van der Waals surface area contributed by atoms with Gasteiger partial charge in [-0.1, -0.05) is 123 Å². The molecule has 36 heavy (non-hydrogen) atoms. The highest BCUT2D eigenvalue weighted by molar-refractivity contribution is 7.80. The monoisotopic (exact) mass is 535 g/mol. The lowest BCUT2D eigenvalue weighted by molar-refractivity contribution is -0.908. The molecule has 0 saturated heterocycles. The second-order valence-electron chi connectivity index (χ2n) is 10.9. The predicted octanol–water partition coefficient (Wildman–Crippen LogP) is 9.17. The van der Waals surface area contributed by atoms with Crippen LogP contribution in [0.1, 0.15) is 163 Å². The molecule has 6 heteroatoms. The van der Waals surface area contributed by atoms with Crippen LogP contribution in [0.4, 0.5) is 0 Å². The Hall–Kier alpha value is -0.170. The molecular formula is C30H65NO4S. The largest absolute Gasteiger partial charge is 0.726 e. The van der Waals surface area contributed by atoms with Crippen LogP contribution in [0.5, 0.6) is 0 Å². The molecule has 0 amide bonds. The fraction of sp³-hybridized carbons (Fsp3) is 1.00. The summed E-state index contributed by atoms with van der Waals surface area (Å²) in [6.07, 6.45) is 30.5. The highest BCUT2D eigenvalue weighted by atomic mass is 32.3. The second-order valence-corrected chi connectivity index (χ2v) is 12.0. The van der Waals surface area contributed by atoms with E-state index in [4.69, 9.17) is 0 Å². The van der Waals surface area contributed by atoms with Crippen LogP contribution in [-0.2, 0) is 14.6 Å². The number of hydrogen-bond acceptors (Lipinski definition) is 4. The molecule has 0 aromatic heterocycles. The minimum atomic E-state index is -4.42. The summed E-state index contributed by atoms with van der Waals surface area (Å²) in [6.45, 7) is 12.5. The average molecular weight is 536 g/mol. The van der Waals surface area contributed by atoms with E-state index in [9.17, 15) is 13.0 Å². The maximum atomic E-state index is 9.45. The Kier molecular flexibility index (Phi) is 29.4. The lowest BCUT2D eigenvalue weighted by Crippen LogP contribution is -2.45. The molecule has 1 unspecified atom stereocenters. The molecule has 0 N–H and O–H groups in total. The van der Waals surface area contributed by atoms with Crippen molar-refractivity contribution >= 4 is 10.4 Å². The van der Waals surface area contributed by atoms with Gasteiger partial charge in [0.2, 0.25) is 10.4 Å². The summed E-state index contributed by atoms with van der Waals surface area (Å²) in [4.78, 5) is 0. The summed E-state index contributed by atoms with van der Waals surface area (Å²) in [5, 5.41) is 0. The van der Waals surface area contributed by atoms with Gasteiger partial charge in [0, 0.05) is 0 Å². The minimum absolute atomic E-state index is 0.0914. The first-order chi connectivity index (χ1) is 17.2. The quantitative estimate of drug-likeness (QED) is 0.0479. The zero-order valence-corrected chi connectivity index (χ0v) is 26.0. The van der Waals surface area contributed by atoms with Crippen LogP contribution >= 0.6 is 0 Å². The number of hydrogen-bond donors (Lipinski definition) is 0. The lowest BCUT2D eigenvalue weighted by Gasteiger charge is -2.33. The molecule has 0 spiro atoms. The summed E-state index contributed by atoms with van der Waals surface area (Å²) >= 11 is 0. The van der Waals surface area contributed by atoms with Gasteiger partial charge in [-0.2, -0.15) is 0 Å². The van der Waals surface area contributed by atoms with Gasteiger partial charge in [-0.25, -0.2) is 8.42 Å². The molecule has 0 fully saturated rings. The van der Waals surface area contributed by atoms with E-state index < -0.39 is 10.4 Å². The van der Waals surface area contributed by atoms with E-state index >= 15 is 0 Å². The molecule has 0 heterocycles. The molecule has 0 rings (SSSR count). The number of unbranched alkanes of at least 4 members (excludes halogenated alkanes) is 19. The van der Waals surface area contributed by atoms with Crippen molar-refractivity contribution in [2.24, 2.45) is 0 Å². The second kappa shape index (κ2) is 27.9. The van der Waals surface area contributed by atoms with Crippen LogP contribution in [0.3, 0.4) is 0 Å². The first-order valence-corrected chi connectivity index (χ1v) is 17.0. The summed E-state index contributed by atoms with van der Waals surface area (Å²) in [6, 6.07) is 0. The van der Waals surface area contributed by atoms with Gasteiger partial charge in [0.15, 0.2) is 0 Å². The summed E-state index contributed by atoms with van der Waals surface area (Å²) in [5.41, 5.74) is 0. The van der Waals surface area contributed by atoms with Crippen LogP contribution in [0, 0.1) is 0 Å². The molecule has 0 aliphatic rings. The minimum Gasteiger partial charge on any atom is -0.726 e. The molecule has 220 valence electrons. The normalized spacial score (nSPS) is 13.3. The molecule has 0 aliphatic heterocycles. The summed E-state index contributed by atoms with van der Waals surface area (Å²) < 4.78 is 33.3. The van der Waals surface area contributed by atoms with Crippen molar-refractivity contribution in [1.82, 2.24) is 0 Å². The number of quaternary nitrogens is 1. The van der Waals surface area contributed by atoms with Gasteiger partial charge in [-0.05, 0) is 39.5 Å². The van der Waals surface area contributed by atoms with E-state index in [1.54, 1.807) is 0 Å². The van der Waals surface area contributed by atoms with Crippen molar-refractivity contribution in [2.45, 2.75) is 163 Å². The summed E-state index contributed by atoms with van der Waals surface area (Å²) in [7, 11) is -1.92. The molecular weight excluding hydrogens is 470 g/mol. The third kappa shape index (κ3) is 31.9. The van der Waals surface area contributed by atoms with E-state index in [0.29, 0.717) is 0 Å². The van der Waals surface area contributed by atoms with E-state index in [1.807, 2.05) is 0 Å². The molecule has 0 radical (unpaired) electrons. The molecule has 0 aromatic rings. The van der Waals surface area contributed by atoms with Crippen molar-refractivity contribution < 1.29 is 21.6 Å². The van der Waals surface area contributed by atoms with Crippen LogP contribution < -0.4 is 0 Å². The fourth-order valence-electron chi connectivity index (χ4n) is 4.71. The Morgan fingerprint density at radius 2 is 0.806 bits per heavy atom. The Morgan fingerprint density at radius 3 is 1.00 bits per heavy atom. The van der Waals surface area contributed by atoms with Gasteiger partial charge >= 0.3 is 0 Å². The van der Waals surface area contributed by atoms with Crippen molar-refractivity contribution in [3.8, 4) is 0 Å². The Balaban J connectivity index is 0. The zero-order chi connectivity index (χ0) is 27.4. The van der Waals surface area contributed by atoms with Crippen molar-refractivity contribution in [1.29, 1.82) is 0 Å². The SMILES string of the molecule is CCCCCCCCCCCCC[N+](C)(CC)CCCCCCCCCCCC.CCOS(=O)(=O)[O-]. The van der Waals surface area contributed by atoms with Gasteiger partial charge in [-0.3, -0.25) is 4.18 Å². The average Bonchev–Trinajstić information content (AvgIpc) is 2.83. The molecule has 0 aromatic carbocycles. The van der Waals surface area contributed by atoms with Crippen LogP contribution in [-0.4, -0.2) is 50.7 Å². The Bertz CT molecular complexity index is 527. The molecule has 5 nitrogen and oxygen atoms in total. The standard InChI is InChI=1S/C28H60N.C2H6O4S/c1-5-8-10-12-14-16-18-20-22-24-26-28-29(4,7-3)27-25-23-21-19-17-15-13-11-9-6-2;1-2-6-7(3,4)5/h5-28H2,1-4H3;2H2,1H3,(H,3,4,5)/q+1;/p-1. The molecule has 0 bridgehead atoms. The molecule has 0 saturated carbocycles. The maximum absolute atomic E-state index is 9.45. The van der Waals surface area contributed by atoms with Gasteiger partial charge in [-0.15, -0.1) is 0 Å². The topological polar surface area (TPSA) is 66.4 Å². The van der Waals surface area contributed by atoms with Crippen molar-refractivity contribution in [3.05, 3.63) is 0 Å². The first-order valence-electron chi connectivity index (χ1n) is 15.7. The van der Waals surface area contributed by atoms with E-state index in [-0.39, 0.29) is 6.61 Å². The number of nitrogens with zero attached hydrogens (tertiary/aromatic N) is 1. The van der Waals surface area contributed by atoms with Crippen molar-refractivity contribution in [2.75, 3.05) is 33.3 Å². The Morgan fingerprint density at radius 1 is 0.528 bits per heavy atom. The van der Waals surface area contributed by atoms with Gasteiger partial charge < -0.3 is 9.04 Å². The maximum Gasteiger partial charge on any atom is 0.217 e. The number of rotatable bonds is 26. The molecule has 0 aliphatic carbocycles. The van der Waals surface area contributed by atoms with Crippen LogP contribution in [0.15, 0.2) is 0 Å². The van der Waals surface area contributed by atoms with Crippen LogP contribution in [0.25, 0.3) is 0 Å². The molecule has 1 atom stereocenters. The zero-order valence-electron chi connectivity index (χ0n) is 25.2. The van der Waals surface area contributed by atoms with E-state index in [2.05, 4.69) is 32.0 Å². The fourth-order valence-corrected chi connectivity index (χ4v) is 5.00. The third-order valence-corrected chi connectivity index (χ3v) is 7.90. The lowest BCUT2D eigenvalue weighted by atomic mass is 10.1. The van der Waals surface area contributed by atoms with Gasteiger partial charge in [0.1, 0.15) is 0 Å². The highest BCUT2D eigenvalue weighted by Crippen LogP contribution is 2.15. The Labute approximate surface area is 227 Å². The van der Waals surface area contributed by atoms with E-state index in [0.717, 1.165) is 0 Å². The first kappa shape index (κ1) is 38.0. The van der Waals surface area contributed by atoms with Crippen LogP contribution in [0.2, 0.25) is 0 Å². The summed E-state index contributed by atoms with van der Waals surface area (Å²) in [5.74, 6) is 0. The predicted molar refractivity (Wildman–Crippen MR) is 156 cm³/mol. The van der Waals surface area contributed by atoms with Gasteiger partial charge in [0.25, 0.3) is 0 Å². The smallest absolute Gasteiger partial charge is 0.217 e. The van der Waals surface area contributed by atoms with E-state index in [1.165, 1.54) is 166 Å². The highest BCUT2D eigenvalue weighted by Gasteiger charge is 2.17. The third-order valence-electron chi connectivity index (χ3n) is 7.38. The van der Waals surface area contributed by atoms with Gasteiger partial charge in [0.05, 0.1) is 33.3 Å².